The van der Waals surface area contributed by atoms with Crippen LogP contribution in [0.5, 0.6) is 0 Å². The van der Waals surface area contributed by atoms with Crippen molar-refractivity contribution in [2.75, 3.05) is 18.0 Å². The minimum Gasteiger partial charge on any atom is -0.475 e. The number of aromatic amines is 1. The number of nitrogens with zero attached hydrogens (tertiary/aromatic N) is 3. The number of aromatic nitrogens is 3. The lowest BCUT2D eigenvalue weighted by molar-refractivity contribution is -0.192. The fraction of sp³-hybridized carbons (Fsp3) is 0.526. The number of hydrogen-bond acceptors (Lipinski definition) is 5. The van der Waals surface area contributed by atoms with Crippen molar-refractivity contribution in [2.45, 2.75) is 51.4 Å². The summed E-state index contributed by atoms with van der Waals surface area (Å²) in [5.74, 6) is -1.65. The van der Waals surface area contributed by atoms with Crippen molar-refractivity contribution in [1.29, 1.82) is 0 Å². The lowest BCUT2D eigenvalue weighted by Crippen LogP contribution is -2.25. The minimum absolute atomic E-state index is 0.206. The molecule has 2 aromatic heterocycles. The van der Waals surface area contributed by atoms with E-state index in [4.69, 9.17) is 9.90 Å². The van der Waals surface area contributed by atoms with Gasteiger partial charge < -0.3 is 15.3 Å². The average Bonchev–Trinajstić information content (AvgIpc) is 2.96. The SMILES string of the molecule is CC(NCc1ccc(N2CCCCCC2)nc1)c1[nH]ncc1Br.O=C(O)C(F)(F)F. The van der Waals surface area contributed by atoms with Crippen LogP contribution in [0.2, 0.25) is 0 Å². The van der Waals surface area contributed by atoms with E-state index in [0.29, 0.717) is 0 Å². The molecule has 1 aliphatic heterocycles. The topological polar surface area (TPSA) is 94.1 Å². The van der Waals surface area contributed by atoms with Crippen LogP contribution in [-0.2, 0) is 11.3 Å². The maximum absolute atomic E-state index is 10.6. The number of hydrogen-bond donors (Lipinski definition) is 3. The summed E-state index contributed by atoms with van der Waals surface area (Å²) < 4.78 is 32.7. The first-order chi connectivity index (χ1) is 14.2. The molecule has 0 bridgehead atoms. The van der Waals surface area contributed by atoms with Crippen LogP contribution < -0.4 is 10.2 Å². The van der Waals surface area contributed by atoms with Crippen LogP contribution in [-0.4, -0.2) is 45.5 Å². The van der Waals surface area contributed by atoms with Crippen LogP contribution in [0.1, 0.15) is 49.9 Å². The van der Waals surface area contributed by atoms with Gasteiger partial charge in [-0.25, -0.2) is 9.78 Å². The summed E-state index contributed by atoms with van der Waals surface area (Å²) in [6.07, 6.45) is 3.94. The highest BCUT2D eigenvalue weighted by Crippen LogP contribution is 2.21. The lowest BCUT2D eigenvalue weighted by atomic mass is 10.2. The normalized spacial score (nSPS) is 15.7. The Bertz CT molecular complexity index is 790. The number of rotatable bonds is 5. The maximum Gasteiger partial charge on any atom is 0.490 e. The number of alkyl halides is 3. The van der Waals surface area contributed by atoms with E-state index in [1.165, 1.54) is 31.2 Å². The highest BCUT2D eigenvalue weighted by atomic mass is 79.9. The van der Waals surface area contributed by atoms with Crippen LogP contribution in [0.15, 0.2) is 29.0 Å². The predicted octanol–water partition coefficient (Wildman–Crippen LogP) is 4.43. The van der Waals surface area contributed by atoms with Crippen LogP contribution in [0, 0.1) is 0 Å². The van der Waals surface area contributed by atoms with Gasteiger partial charge in [0.1, 0.15) is 5.82 Å². The molecule has 3 heterocycles. The van der Waals surface area contributed by atoms with Crippen LogP contribution in [0.3, 0.4) is 0 Å². The van der Waals surface area contributed by atoms with Gasteiger partial charge in [-0.1, -0.05) is 18.9 Å². The number of carbonyl (C=O) groups is 1. The summed E-state index contributed by atoms with van der Waals surface area (Å²) >= 11 is 3.50. The number of carboxylic acids is 1. The largest absolute Gasteiger partial charge is 0.490 e. The molecule has 2 aromatic rings. The first kappa shape index (κ1) is 24.1. The van der Waals surface area contributed by atoms with E-state index in [2.05, 4.69) is 60.4 Å². The molecular formula is C19H25BrF3N5O2. The molecule has 1 unspecified atom stereocenters. The van der Waals surface area contributed by atoms with E-state index in [0.717, 1.165) is 35.6 Å². The Balaban J connectivity index is 0.000000396. The fourth-order valence-electron chi connectivity index (χ4n) is 2.97. The molecule has 3 rings (SSSR count). The van der Waals surface area contributed by atoms with Crippen molar-refractivity contribution in [3.05, 3.63) is 40.3 Å². The number of carboxylic acid groups (broad SMARTS) is 1. The molecule has 0 spiro atoms. The molecule has 0 saturated carbocycles. The van der Waals surface area contributed by atoms with E-state index < -0.39 is 12.1 Å². The lowest BCUT2D eigenvalue weighted by Gasteiger charge is -2.21. The highest BCUT2D eigenvalue weighted by molar-refractivity contribution is 9.10. The number of pyridine rings is 1. The van der Waals surface area contributed by atoms with E-state index in [1.54, 1.807) is 6.20 Å². The zero-order valence-corrected chi connectivity index (χ0v) is 18.1. The predicted molar refractivity (Wildman–Crippen MR) is 110 cm³/mol. The summed E-state index contributed by atoms with van der Waals surface area (Å²) in [7, 11) is 0. The highest BCUT2D eigenvalue weighted by Gasteiger charge is 2.38. The van der Waals surface area contributed by atoms with E-state index in [-0.39, 0.29) is 6.04 Å². The second-order valence-corrected chi connectivity index (χ2v) is 7.82. The van der Waals surface area contributed by atoms with Gasteiger partial charge >= 0.3 is 12.1 Å². The summed E-state index contributed by atoms with van der Waals surface area (Å²) in [6, 6.07) is 4.53. The molecule has 11 heteroatoms. The maximum atomic E-state index is 10.6. The first-order valence-electron chi connectivity index (χ1n) is 9.60. The summed E-state index contributed by atoms with van der Waals surface area (Å²) in [4.78, 5) is 16.0. The number of aliphatic carboxylic acids is 1. The number of H-pyrrole nitrogens is 1. The van der Waals surface area contributed by atoms with Crippen molar-refractivity contribution in [1.82, 2.24) is 20.5 Å². The molecule has 1 aliphatic rings. The Hall–Kier alpha value is -2.14. The molecule has 7 nitrogen and oxygen atoms in total. The zero-order chi connectivity index (χ0) is 22.1. The van der Waals surface area contributed by atoms with Crippen LogP contribution in [0.25, 0.3) is 0 Å². The average molecular weight is 492 g/mol. The third-order valence-electron chi connectivity index (χ3n) is 4.65. The third kappa shape index (κ3) is 7.60. The monoisotopic (exact) mass is 491 g/mol. The third-order valence-corrected chi connectivity index (χ3v) is 5.28. The molecule has 30 heavy (non-hydrogen) atoms. The summed E-state index contributed by atoms with van der Waals surface area (Å²) in [6.45, 7) is 5.18. The van der Waals surface area contributed by atoms with Gasteiger partial charge in [-0.05, 0) is 47.3 Å². The quantitative estimate of drug-likeness (QED) is 0.572. The molecular weight excluding hydrogens is 467 g/mol. The van der Waals surface area contributed by atoms with Crippen molar-refractivity contribution in [3.63, 3.8) is 0 Å². The first-order valence-corrected chi connectivity index (χ1v) is 10.4. The fourth-order valence-corrected chi connectivity index (χ4v) is 3.50. The van der Waals surface area contributed by atoms with Crippen molar-refractivity contribution < 1.29 is 23.1 Å². The number of nitrogens with one attached hydrogen (secondary N) is 2. The molecule has 1 fully saturated rings. The molecule has 0 amide bonds. The Labute approximate surface area is 181 Å². The van der Waals surface area contributed by atoms with Gasteiger partial charge in [-0.15, -0.1) is 0 Å². The van der Waals surface area contributed by atoms with Crippen molar-refractivity contribution in [3.8, 4) is 0 Å². The number of anilines is 1. The van der Waals surface area contributed by atoms with Gasteiger partial charge in [0.15, 0.2) is 0 Å². The van der Waals surface area contributed by atoms with Gasteiger partial charge in [0.2, 0.25) is 0 Å². The molecule has 1 atom stereocenters. The Morgan fingerprint density at radius 1 is 1.27 bits per heavy atom. The van der Waals surface area contributed by atoms with Crippen molar-refractivity contribution in [2.24, 2.45) is 0 Å². The van der Waals surface area contributed by atoms with E-state index in [1.807, 2.05) is 6.20 Å². The van der Waals surface area contributed by atoms with E-state index in [9.17, 15) is 13.2 Å². The van der Waals surface area contributed by atoms with Crippen molar-refractivity contribution >= 4 is 27.7 Å². The second-order valence-electron chi connectivity index (χ2n) is 6.96. The van der Waals surface area contributed by atoms with Crippen LogP contribution in [0.4, 0.5) is 19.0 Å². The second kappa shape index (κ2) is 11.3. The van der Waals surface area contributed by atoms with Gasteiger partial charge in [0, 0.05) is 31.9 Å². The number of halogens is 4. The molecule has 166 valence electrons. The van der Waals surface area contributed by atoms with Gasteiger partial charge in [-0.2, -0.15) is 18.3 Å². The molecule has 1 saturated heterocycles. The Kier molecular flexibility index (Phi) is 9.09. The summed E-state index contributed by atoms with van der Waals surface area (Å²) in [5.41, 5.74) is 2.27. The Morgan fingerprint density at radius 3 is 2.37 bits per heavy atom. The molecule has 3 N–H and O–H groups in total. The molecule has 0 aliphatic carbocycles. The van der Waals surface area contributed by atoms with Gasteiger partial charge in [0.05, 0.1) is 16.4 Å². The van der Waals surface area contributed by atoms with Crippen LogP contribution >= 0.6 is 15.9 Å². The Morgan fingerprint density at radius 2 is 1.90 bits per heavy atom. The van der Waals surface area contributed by atoms with E-state index >= 15 is 0 Å². The smallest absolute Gasteiger partial charge is 0.475 e. The molecule has 0 aromatic carbocycles. The zero-order valence-electron chi connectivity index (χ0n) is 16.5. The standard InChI is InChI=1S/C17H24BrN5.C2HF3O2/c1-13(17-15(18)12-21-22-17)19-10-14-6-7-16(20-11-14)23-8-4-2-3-5-9-23;3-2(4,5)1(6)7/h6-7,11-13,19H,2-5,8-10H2,1H3,(H,21,22);(H,6,7). The minimum atomic E-state index is -5.08. The summed E-state index contributed by atoms with van der Waals surface area (Å²) in [5, 5.41) is 17.7. The van der Waals surface area contributed by atoms with Gasteiger partial charge in [-0.3, -0.25) is 5.10 Å². The molecule has 0 radical (unpaired) electrons. The van der Waals surface area contributed by atoms with Gasteiger partial charge in [0.25, 0.3) is 0 Å².